The first kappa shape index (κ1) is 24.8. The van der Waals surface area contributed by atoms with Crippen molar-refractivity contribution in [2.75, 3.05) is 19.7 Å². The van der Waals surface area contributed by atoms with Crippen LogP contribution >= 0.6 is 0 Å². The molecule has 5 rings (SSSR count). The maximum Gasteiger partial charge on any atom is 0.272 e. The number of aliphatic imine (C=N–C) groups is 1. The minimum atomic E-state index is -2.50. The maximum atomic E-state index is 13.0. The summed E-state index contributed by atoms with van der Waals surface area (Å²) in [6.45, 7) is 2.10. The van der Waals surface area contributed by atoms with Gasteiger partial charge in [0.05, 0.1) is 11.7 Å². The Morgan fingerprint density at radius 2 is 2.06 bits per heavy atom. The number of aromatic nitrogens is 1. The van der Waals surface area contributed by atoms with E-state index < -0.39 is 13.0 Å². The van der Waals surface area contributed by atoms with Crippen molar-refractivity contribution in [3.63, 3.8) is 0 Å². The van der Waals surface area contributed by atoms with E-state index in [2.05, 4.69) is 20.2 Å². The minimum absolute atomic E-state index is 0.0209. The molecule has 36 heavy (non-hydrogen) atoms. The Morgan fingerprint density at radius 1 is 1.19 bits per heavy atom. The molecule has 1 atom stereocenters. The molecule has 1 amide bonds. The number of dihydropyridines is 1. The number of nitrogens with one attached hydrogen (secondary N) is 1. The quantitative estimate of drug-likeness (QED) is 0.579. The van der Waals surface area contributed by atoms with Gasteiger partial charge in [-0.15, -0.1) is 0 Å². The van der Waals surface area contributed by atoms with E-state index >= 15 is 0 Å². The van der Waals surface area contributed by atoms with E-state index in [1.807, 2.05) is 36.6 Å². The third-order valence-electron chi connectivity index (χ3n) is 7.69. The van der Waals surface area contributed by atoms with Crippen molar-refractivity contribution in [1.29, 1.82) is 0 Å². The van der Waals surface area contributed by atoms with Crippen molar-refractivity contribution in [3.8, 4) is 5.88 Å². The van der Waals surface area contributed by atoms with Crippen LogP contribution < -0.4 is 10.1 Å². The molecule has 192 valence electrons. The number of amides is 1. The summed E-state index contributed by atoms with van der Waals surface area (Å²) in [7, 11) is 0. The number of nitrogens with zero attached hydrogens (tertiary/aromatic N) is 3. The number of carbonyl (C=O) groups excluding carboxylic acids is 1. The van der Waals surface area contributed by atoms with Gasteiger partial charge in [0.1, 0.15) is 0 Å². The minimum Gasteiger partial charge on any atom is -0.472 e. The predicted octanol–water partition coefficient (Wildman–Crippen LogP) is 4.41. The zero-order chi connectivity index (χ0) is 24.9. The Kier molecular flexibility index (Phi) is 7.90. The normalized spacial score (nSPS) is 25.6. The molecule has 0 aromatic carbocycles. The highest BCUT2D eigenvalue weighted by Gasteiger charge is 2.27. The second kappa shape index (κ2) is 11.5. The van der Waals surface area contributed by atoms with Gasteiger partial charge in [-0.05, 0) is 74.6 Å². The molecule has 1 saturated carbocycles. The number of hydrogen-bond acceptors (Lipinski definition) is 5. The fourth-order valence-corrected chi connectivity index (χ4v) is 5.65. The van der Waals surface area contributed by atoms with Gasteiger partial charge in [-0.2, -0.15) is 0 Å². The number of alkyl halides is 2. The molecule has 4 aliphatic rings. The molecule has 1 N–H and O–H groups in total. The highest BCUT2D eigenvalue weighted by atomic mass is 19.3. The van der Waals surface area contributed by atoms with Gasteiger partial charge in [0.2, 0.25) is 5.88 Å². The summed E-state index contributed by atoms with van der Waals surface area (Å²) in [5.74, 6) is 0.955. The van der Waals surface area contributed by atoms with Crippen LogP contribution in [0.25, 0.3) is 0 Å². The van der Waals surface area contributed by atoms with Crippen LogP contribution in [-0.2, 0) is 17.8 Å². The molecule has 6 nitrogen and oxygen atoms in total. The molecule has 2 aliphatic heterocycles. The monoisotopic (exact) mass is 496 g/mol. The zero-order valence-electron chi connectivity index (χ0n) is 20.5. The van der Waals surface area contributed by atoms with E-state index in [1.54, 1.807) is 6.07 Å². The highest BCUT2D eigenvalue weighted by molar-refractivity contribution is 5.98. The van der Waals surface area contributed by atoms with Crippen LogP contribution in [0.4, 0.5) is 8.78 Å². The number of halogens is 2. The maximum absolute atomic E-state index is 13.0. The van der Waals surface area contributed by atoms with Gasteiger partial charge < -0.3 is 10.1 Å². The van der Waals surface area contributed by atoms with Crippen LogP contribution in [-0.4, -0.2) is 60.2 Å². The molecule has 8 heteroatoms. The molecular formula is C28H34F2N4O2. The molecule has 1 unspecified atom stereocenters. The van der Waals surface area contributed by atoms with Crippen LogP contribution in [0.2, 0.25) is 0 Å². The first-order valence-electron chi connectivity index (χ1n) is 13.1. The highest BCUT2D eigenvalue weighted by Crippen LogP contribution is 2.30. The molecule has 1 aromatic heterocycles. The van der Waals surface area contributed by atoms with Crippen molar-refractivity contribution >= 4 is 12.1 Å². The first-order valence-corrected chi connectivity index (χ1v) is 13.1. The van der Waals surface area contributed by atoms with Gasteiger partial charge in [-0.1, -0.05) is 24.3 Å². The number of hydrogen-bond donors (Lipinski definition) is 1. The van der Waals surface area contributed by atoms with E-state index in [4.69, 9.17) is 4.74 Å². The van der Waals surface area contributed by atoms with Crippen molar-refractivity contribution in [2.24, 2.45) is 10.9 Å². The largest absolute Gasteiger partial charge is 0.472 e. The van der Waals surface area contributed by atoms with Gasteiger partial charge in [0.25, 0.3) is 12.3 Å². The lowest BCUT2D eigenvalue weighted by atomic mass is 9.83. The Hall–Kier alpha value is -2.87. The molecule has 3 heterocycles. The second-order valence-corrected chi connectivity index (χ2v) is 10.1. The molecular weight excluding hydrogens is 462 g/mol. The number of ether oxygens (including phenoxy) is 1. The lowest BCUT2D eigenvalue weighted by Gasteiger charge is -2.33. The molecule has 0 radical (unpaired) electrons. The van der Waals surface area contributed by atoms with Crippen molar-refractivity contribution < 1.29 is 18.3 Å². The lowest BCUT2D eigenvalue weighted by Crippen LogP contribution is -2.39. The zero-order valence-corrected chi connectivity index (χ0v) is 20.5. The van der Waals surface area contributed by atoms with Gasteiger partial charge >= 0.3 is 0 Å². The van der Waals surface area contributed by atoms with E-state index in [0.29, 0.717) is 5.92 Å². The van der Waals surface area contributed by atoms with Crippen molar-refractivity contribution in [2.45, 2.75) is 70.0 Å². The van der Waals surface area contributed by atoms with E-state index in [-0.39, 0.29) is 23.9 Å². The molecule has 0 bridgehead atoms. The average molecular weight is 497 g/mol. The Balaban J connectivity index is 1.06. The Labute approximate surface area is 211 Å². The summed E-state index contributed by atoms with van der Waals surface area (Å²) in [6.07, 6.45) is 14.4. The molecule has 0 spiro atoms. The van der Waals surface area contributed by atoms with E-state index in [1.165, 1.54) is 5.56 Å². The fraction of sp³-hybridized carbons (Fsp3) is 0.536. The first-order chi connectivity index (χ1) is 17.5. The van der Waals surface area contributed by atoms with Gasteiger partial charge in [0.15, 0.2) is 6.61 Å². The van der Waals surface area contributed by atoms with Crippen LogP contribution in [0.5, 0.6) is 5.88 Å². The topological polar surface area (TPSA) is 66.8 Å². The Morgan fingerprint density at radius 3 is 2.89 bits per heavy atom. The third kappa shape index (κ3) is 6.09. The number of pyridine rings is 1. The summed E-state index contributed by atoms with van der Waals surface area (Å²) in [5.41, 5.74) is 3.89. The molecule has 1 fully saturated rings. The van der Waals surface area contributed by atoms with Crippen LogP contribution in [0.3, 0.4) is 0 Å². The summed E-state index contributed by atoms with van der Waals surface area (Å²) < 4.78 is 30.0. The smallest absolute Gasteiger partial charge is 0.272 e. The predicted molar refractivity (Wildman–Crippen MR) is 135 cm³/mol. The van der Waals surface area contributed by atoms with E-state index in [9.17, 15) is 13.6 Å². The third-order valence-corrected chi connectivity index (χ3v) is 7.69. The number of allylic oxidation sites excluding steroid dienone is 1. The van der Waals surface area contributed by atoms with Gasteiger partial charge in [0, 0.05) is 37.0 Å². The lowest BCUT2D eigenvalue weighted by molar-refractivity contribution is -0.118. The fourth-order valence-electron chi connectivity index (χ4n) is 5.65. The number of rotatable bonds is 8. The van der Waals surface area contributed by atoms with Gasteiger partial charge in [-0.25, -0.2) is 13.8 Å². The van der Waals surface area contributed by atoms with Crippen LogP contribution in [0.1, 0.15) is 49.8 Å². The standard InChI is InChI=1S/C28H34F2N4O2/c29-26(30)18-36-27-11-8-20-13-16-34(17-25(20)33-27)15-12-19-6-9-21(10-7-19)32-28(35)23-3-1-5-24-22(23)4-2-14-31-24/h1-4,8,11,14,19,21,24,26H,5-7,9-10,12-13,15-18H2,(H,32,35). The summed E-state index contributed by atoms with van der Waals surface area (Å²) in [4.78, 5) is 24.3. The number of fused-ring (bicyclic) bond motifs is 2. The van der Waals surface area contributed by atoms with Gasteiger partial charge in [-0.3, -0.25) is 14.7 Å². The molecule has 2 aliphatic carbocycles. The van der Waals surface area contributed by atoms with Crippen molar-refractivity contribution in [1.82, 2.24) is 15.2 Å². The second-order valence-electron chi connectivity index (χ2n) is 10.1. The average Bonchev–Trinajstić information content (AvgIpc) is 2.91. The van der Waals surface area contributed by atoms with Crippen LogP contribution in [0, 0.1) is 5.92 Å². The van der Waals surface area contributed by atoms with Crippen LogP contribution in [0.15, 0.2) is 52.6 Å². The number of carbonyl (C=O) groups is 1. The summed E-state index contributed by atoms with van der Waals surface area (Å²) >= 11 is 0. The molecule has 1 aromatic rings. The van der Waals surface area contributed by atoms with E-state index in [0.717, 1.165) is 81.4 Å². The summed E-state index contributed by atoms with van der Waals surface area (Å²) in [5, 5.41) is 3.27. The SMILES string of the molecule is O=C(NC1CCC(CCN2CCc3ccc(OCC(F)F)nc3C2)CC1)C1=C2C=CC=NC2CC=C1. The summed E-state index contributed by atoms with van der Waals surface area (Å²) in [6, 6.07) is 3.94. The van der Waals surface area contributed by atoms with Crippen molar-refractivity contribution in [3.05, 3.63) is 58.8 Å². The Bertz CT molecular complexity index is 1070. The molecule has 0 saturated heterocycles.